The average molecular weight is 573 g/mol. The smallest absolute Gasteiger partial charge is 0.407 e. The highest BCUT2D eigenvalue weighted by Crippen LogP contribution is 2.38. The van der Waals surface area contributed by atoms with Gasteiger partial charge in [-0.1, -0.05) is 20.1 Å². The van der Waals surface area contributed by atoms with Gasteiger partial charge in [0.2, 0.25) is 10.0 Å². The van der Waals surface area contributed by atoms with Gasteiger partial charge in [-0.2, -0.15) is 4.31 Å². The van der Waals surface area contributed by atoms with Crippen molar-refractivity contribution in [1.82, 2.24) is 9.62 Å². The molecule has 1 aliphatic heterocycles. The number of sulfonamides is 1. The van der Waals surface area contributed by atoms with E-state index in [4.69, 9.17) is 18.9 Å². The van der Waals surface area contributed by atoms with E-state index >= 15 is 0 Å². The van der Waals surface area contributed by atoms with Gasteiger partial charge >= 0.3 is 6.09 Å². The van der Waals surface area contributed by atoms with Gasteiger partial charge in [0.05, 0.1) is 48.9 Å². The monoisotopic (exact) mass is 572 g/mol. The van der Waals surface area contributed by atoms with Crippen molar-refractivity contribution in [1.29, 1.82) is 0 Å². The number of fused-ring (bicyclic) bond motifs is 1. The summed E-state index contributed by atoms with van der Waals surface area (Å²) in [7, 11) is 0.0794. The molecule has 1 aromatic carbocycles. The highest BCUT2D eigenvalue weighted by molar-refractivity contribution is 7.89. The highest BCUT2D eigenvalue weighted by atomic mass is 32.2. The number of amides is 1. The molecule has 1 heterocycles. The number of alkyl carbamates (subject to hydrolysis) is 1. The van der Waals surface area contributed by atoms with Crippen molar-refractivity contribution in [3.05, 3.63) is 24.3 Å². The number of nitrogens with one attached hydrogen (secondary N) is 1. The standard InChI is InChI=1S/C26H41N2O8PS/c1-17(2)14-28(38(31,32)19-8-6-18(33-3)7-9-19)15-24(34-4)20(12-13-37-5)27-26(30)36-23-11-10-22-25(23)21(29)16-35-22/h6-9,17,20-25,29H,5,10-16H2,1-4H3,(H,27,30). The van der Waals surface area contributed by atoms with Crippen molar-refractivity contribution in [2.45, 2.75) is 68.5 Å². The number of methoxy groups -OCH3 is 2. The van der Waals surface area contributed by atoms with E-state index in [1.54, 1.807) is 12.1 Å². The van der Waals surface area contributed by atoms with Crippen LogP contribution in [0.4, 0.5) is 4.79 Å². The predicted octanol–water partition coefficient (Wildman–Crippen LogP) is 2.76. The molecule has 1 aliphatic carbocycles. The molecule has 2 aliphatic rings. The molecular formula is C26H41N2O8PS. The second-order valence-corrected chi connectivity index (χ2v) is 13.0. The van der Waals surface area contributed by atoms with Crippen LogP contribution in [0.2, 0.25) is 0 Å². The molecule has 10 nitrogen and oxygen atoms in total. The van der Waals surface area contributed by atoms with E-state index in [1.807, 2.05) is 13.8 Å². The van der Waals surface area contributed by atoms with Crippen LogP contribution in [-0.4, -0.2) is 101 Å². The highest BCUT2D eigenvalue weighted by Gasteiger charge is 2.48. The number of carbonyl (C=O) groups excluding carboxylic acids is 1. The third-order valence-electron chi connectivity index (χ3n) is 7.08. The van der Waals surface area contributed by atoms with Gasteiger partial charge < -0.3 is 29.4 Å². The maximum atomic E-state index is 13.6. The van der Waals surface area contributed by atoms with Crippen molar-refractivity contribution < 1.29 is 37.3 Å². The van der Waals surface area contributed by atoms with Gasteiger partial charge in [0.25, 0.3) is 0 Å². The lowest BCUT2D eigenvalue weighted by molar-refractivity contribution is 0.0187. The molecule has 1 amide bonds. The fraction of sp³-hybridized carbons (Fsp3) is 0.692. The van der Waals surface area contributed by atoms with Gasteiger partial charge in [-0.25, -0.2) is 13.2 Å². The number of ether oxygens (including phenoxy) is 4. The summed E-state index contributed by atoms with van der Waals surface area (Å²) in [6.45, 7) is 4.47. The minimum Gasteiger partial charge on any atom is -0.497 e. The number of aliphatic hydroxyl groups excluding tert-OH is 1. The van der Waals surface area contributed by atoms with Crippen LogP contribution >= 0.6 is 8.20 Å². The number of benzene rings is 1. The minimum atomic E-state index is -3.85. The molecular weight excluding hydrogens is 531 g/mol. The zero-order valence-electron chi connectivity index (χ0n) is 22.6. The van der Waals surface area contributed by atoms with Crippen LogP contribution in [0.3, 0.4) is 0 Å². The lowest BCUT2D eigenvalue weighted by atomic mass is 10.00. The van der Waals surface area contributed by atoms with E-state index in [0.29, 0.717) is 24.8 Å². The van der Waals surface area contributed by atoms with Gasteiger partial charge in [-0.15, -0.1) is 8.20 Å². The van der Waals surface area contributed by atoms with Gasteiger partial charge in [-0.3, -0.25) is 0 Å². The Bertz CT molecular complexity index is 1020. The largest absolute Gasteiger partial charge is 0.497 e. The molecule has 2 fully saturated rings. The molecule has 6 unspecified atom stereocenters. The number of hydrogen-bond acceptors (Lipinski definition) is 8. The normalized spacial score (nSPS) is 24.9. The summed E-state index contributed by atoms with van der Waals surface area (Å²) in [5.74, 6) is 0.395. The summed E-state index contributed by atoms with van der Waals surface area (Å²) in [5, 5.41) is 13.2. The Balaban J connectivity index is 1.75. The number of aliphatic hydroxyl groups is 1. The number of hydrogen-bond donors (Lipinski definition) is 2. The quantitative estimate of drug-likeness (QED) is 0.326. The van der Waals surface area contributed by atoms with E-state index < -0.39 is 40.5 Å². The van der Waals surface area contributed by atoms with E-state index in [1.165, 1.54) is 30.7 Å². The predicted molar refractivity (Wildman–Crippen MR) is 147 cm³/mol. The molecule has 38 heavy (non-hydrogen) atoms. The zero-order valence-corrected chi connectivity index (χ0v) is 24.3. The Morgan fingerprint density at radius 1 is 1.24 bits per heavy atom. The molecule has 1 saturated carbocycles. The summed E-state index contributed by atoms with van der Waals surface area (Å²) < 4.78 is 50.9. The molecule has 214 valence electrons. The Morgan fingerprint density at radius 3 is 2.55 bits per heavy atom. The van der Waals surface area contributed by atoms with Crippen molar-refractivity contribution in [3.63, 3.8) is 0 Å². The topological polar surface area (TPSA) is 124 Å². The molecule has 6 atom stereocenters. The molecule has 1 aromatic rings. The molecule has 2 N–H and O–H groups in total. The molecule has 1 saturated heterocycles. The fourth-order valence-electron chi connectivity index (χ4n) is 5.16. The first kappa shape index (κ1) is 30.8. The first-order valence-electron chi connectivity index (χ1n) is 13.0. The first-order chi connectivity index (χ1) is 18.1. The maximum Gasteiger partial charge on any atom is 0.407 e. The van der Waals surface area contributed by atoms with Crippen LogP contribution in [-0.2, 0) is 24.2 Å². The summed E-state index contributed by atoms with van der Waals surface area (Å²) in [4.78, 5) is 13.1. The maximum absolute atomic E-state index is 13.6. The summed E-state index contributed by atoms with van der Waals surface area (Å²) in [6, 6.07) is 5.76. The number of nitrogens with zero attached hydrogens (tertiary/aromatic N) is 1. The second kappa shape index (κ2) is 14.1. The molecule has 12 heteroatoms. The lowest BCUT2D eigenvalue weighted by Crippen LogP contribution is -2.51. The third kappa shape index (κ3) is 7.67. The van der Waals surface area contributed by atoms with Crippen molar-refractivity contribution in [2.24, 2.45) is 11.8 Å². The SMILES string of the molecule is C=PCCC(NC(=O)OC1CCC2OCC(O)C21)C(CN(CC(C)C)S(=O)(=O)c1ccc(OC)cc1)OC. The molecule has 0 bridgehead atoms. The average Bonchev–Trinajstić information content (AvgIpc) is 3.46. The van der Waals surface area contributed by atoms with Crippen LogP contribution in [0.1, 0.15) is 33.1 Å². The van der Waals surface area contributed by atoms with Gasteiger partial charge in [0, 0.05) is 20.2 Å². The van der Waals surface area contributed by atoms with Gasteiger partial charge in [-0.05, 0) is 55.6 Å². The van der Waals surface area contributed by atoms with E-state index in [-0.39, 0.29) is 42.5 Å². The number of carbonyl (C=O) groups is 1. The van der Waals surface area contributed by atoms with Crippen LogP contribution < -0.4 is 10.1 Å². The molecule has 0 aromatic heterocycles. The van der Waals surface area contributed by atoms with E-state index in [0.717, 1.165) is 14.6 Å². The van der Waals surface area contributed by atoms with Crippen molar-refractivity contribution in [3.8, 4) is 5.75 Å². The Kier molecular flexibility index (Phi) is 11.4. The van der Waals surface area contributed by atoms with Crippen LogP contribution in [0.15, 0.2) is 29.2 Å². The molecule has 0 spiro atoms. The summed E-state index contributed by atoms with van der Waals surface area (Å²) in [6.07, 6.45) is 4.01. The first-order valence-corrected chi connectivity index (χ1v) is 15.7. The number of rotatable bonds is 14. The Hall–Kier alpha value is -1.75. The Labute approximate surface area is 227 Å². The van der Waals surface area contributed by atoms with Crippen LogP contribution in [0.5, 0.6) is 5.75 Å². The summed E-state index contributed by atoms with van der Waals surface area (Å²) >= 11 is 0. The van der Waals surface area contributed by atoms with Crippen LogP contribution in [0, 0.1) is 11.8 Å². The zero-order chi connectivity index (χ0) is 27.9. The third-order valence-corrected chi connectivity index (χ3v) is 9.50. The van der Waals surface area contributed by atoms with Crippen molar-refractivity contribution in [2.75, 3.05) is 40.1 Å². The summed E-state index contributed by atoms with van der Waals surface area (Å²) in [5.41, 5.74) is 0. The minimum absolute atomic E-state index is 0.0443. The van der Waals surface area contributed by atoms with Crippen molar-refractivity contribution >= 4 is 30.6 Å². The fourth-order valence-corrected chi connectivity index (χ4v) is 7.24. The van der Waals surface area contributed by atoms with E-state index in [2.05, 4.69) is 11.6 Å². The Morgan fingerprint density at radius 2 is 1.95 bits per heavy atom. The van der Waals surface area contributed by atoms with Gasteiger partial charge in [0.15, 0.2) is 0 Å². The molecule has 0 radical (unpaired) electrons. The second-order valence-electron chi connectivity index (χ2n) is 10.2. The lowest BCUT2D eigenvalue weighted by Gasteiger charge is -2.32. The molecule has 3 rings (SSSR count). The van der Waals surface area contributed by atoms with Gasteiger partial charge in [0.1, 0.15) is 11.9 Å². The van der Waals surface area contributed by atoms with E-state index in [9.17, 15) is 18.3 Å². The van der Waals surface area contributed by atoms with Crippen LogP contribution in [0.25, 0.3) is 0 Å².